The van der Waals surface area contributed by atoms with Crippen LogP contribution in [0.15, 0.2) is 0 Å². The molecule has 3 heteroatoms. The van der Waals surface area contributed by atoms with Crippen molar-refractivity contribution in [2.24, 2.45) is 5.41 Å². The maximum Gasteiger partial charge on any atom is 0.267 e. The van der Waals surface area contributed by atoms with Crippen LogP contribution in [0.5, 0.6) is 0 Å². The summed E-state index contributed by atoms with van der Waals surface area (Å²) >= 11 is 0. The summed E-state index contributed by atoms with van der Waals surface area (Å²) < 4.78 is 27.9. The Balaban J connectivity index is 2.69. The van der Waals surface area contributed by atoms with Crippen LogP contribution < -0.4 is 5.32 Å². The molecule has 0 amide bonds. The quantitative estimate of drug-likeness (QED) is 0.693. The fourth-order valence-electron chi connectivity index (χ4n) is 1.86. The predicted octanol–water partition coefficient (Wildman–Crippen LogP) is 3.20. The van der Waals surface area contributed by atoms with Crippen molar-refractivity contribution < 1.29 is 8.78 Å². The maximum atomic E-state index is 13.9. The maximum absolute atomic E-state index is 13.9. The molecule has 1 nitrogen and oxygen atoms in total. The minimum Gasteiger partial charge on any atom is -0.309 e. The van der Waals surface area contributed by atoms with Gasteiger partial charge >= 0.3 is 0 Å². The predicted molar refractivity (Wildman–Crippen MR) is 54.7 cm³/mol. The fraction of sp³-hybridized carbons (Fsp3) is 1.00. The highest BCUT2D eigenvalue weighted by Gasteiger charge is 2.49. The highest BCUT2D eigenvalue weighted by atomic mass is 19.3. The molecule has 0 aromatic carbocycles. The van der Waals surface area contributed by atoms with Gasteiger partial charge in [0, 0.05) is 5.41 Å². The highest BCUT2D eigenvalue weighted by Crippen LogP contribution is 2.40. The van der Waals surface area contributed by atoms with Crippen molar-refractivity contribution in [1.29, 1.82) is 0 Å². The first-order chi connectivity index (χ1) is 6.36. The molecule has 0 aromatic rings. The molecule has 0 aliphatic carbocycles. The lowest BCUT2D eigenvalue weighted by atomic mass is 9.82. The third-order valence-electron chi connectivity index (χ3n) is 3.00. The molecule has 0 radical (unpaired) electrons. The zero-order valence-corrected chi connectivity index (χ0v) is 9.37. The Morgan fingerprint density at radius 1 is 1.07 bits per heavy atom. The molecule has 1 rings (SSSR count). The van der Waals surface area contributed by atoms with Crippen LogP contribution in [-0.2, 0) is 0 Å². The van der Waals surface area contributed by atoms with Crippen LogP contribution in [0, 0.1) is 5.41 Å². The number of hydrogen-bond donors (Lipinski definition) is 1. The molecule has 0 aromatic heterocycles. The number of halogens is 2. The Morgan fingerprint density at radius 3 is 2.29 bits per heavy atom. The van der Waals surface area contributed by atoms with Crippen LogP contribution >= 0.6 is 0 Å². The lowest BCUT2D eigenvalue weighted by Crippen LogP contribution is -2.52. The first kappa shape index (κ1) is 11.9. The summed E-state index contributed by atoms with van der Waals surface area (Å²) in [4.78, 5) is 0. The molecule has 1 saturated heterocycles. The van der Waals surface area contributed by atoms with Gasteiger partial charge in [-0.1, -0.05) is 33.6 Å². The van der Waals surface area contributed by atoms with Gasteiger partial charge in [-0.25, -0.2) is 8.78 Å². The number of rotatable bonds is 1. The Morgan fingerprint density at radius 2 is 1.71 bits per heavy atom. The van der Waals surface area contributed by atoms with E-state index in [1.54, 1.807) is 20.8 Å². The molecule has 14 heavy (non-hydrogen) atoms. The number of alkyl halides is 2. The van der Waals surface area contributed by atoms with Gasteiger partial charge in [0.25, 0.3) is 5.92 Å². The number of hydrogen-bond acceptors (Lipinski definition) is 1. The van der Waals surface area contributed by atoms with Crippen LogP contribution in [0.3, 0.4) is 0 Å². The molecule has 1 aliphatic heterocycles. The van der Waals surface area contributed by atoms with E-state index >= 15 is 0 Å². The van der Waals surface area contributed by atoms with E-state index in [9.17, 15) is 8.78 Å². The van der Waals surface area contributed by atoms with Crippen LogP contribution in [0.4, 0.5) is 8.78 Å². The Kier molecular flexibility index (Phi) is 3.51. The Hall–Kier alpha value is -0.180. The van der Waals surface area contributed by atoms with E-state index in [-0.39, 0.29) is 0 Å². The second-order valence-electron chi connectivity index (χ2n) is 5.23. The summed E-state index contributed by atoms with van der Waals surface area (Å²) in [6.45, 7) is 5.56. The van der Waals surface area contributed by atoms with Gasteiger partial charge in [-0.05, 0) is 19.4 Å². The molecule has 0 bridgehead atoms. The van der Waals surface area contributed by atoms with Gasteiger partial charge in [0.05, 0.1) is 6.04 Å². The van der Waals surface area contributed by atoms with E-state index in [4.69, 9.17) is 0 Å². The van der Waals surface area contributed by atoms with Gasteiger partial charge in [0.15, 0.2) is 0 Å². The van der Waals surface area contributed by atoms with E-state index in [0.29, 0.717) is 6.42 Å². The molecule has 1 heterocycles. The van der Waals surface area contributed by atoms with E-state index in [0.717, 1.165) is 25.8 Å². The van der Waals surface area contributed by atoms with Gasteiger partial charge < -0.3 is 5.32 Å². The minimum absolute atomic E-state index is 0.601. The highest BCUT2D eigenvalue weighted by molar-refractivity contribution is 4.93. The van der Waals surface area contributed by atoms with E-state index < -0.39 is 17.4 Å². The Bertz CT molecular complexity index is 176. The molecular formula is C11H21F2N. The molecule has 1 aliphatic rings. The Labute approximate surface area is 85.3 Å². The zero-order chi connectivity index (χ0) is 10.8. The van der Waals surface area contributed by atoms with Crippen molar-refractivity contribution in [3.05, 3.63) is 0 Å². The van der Waals surface area contributed by atoms with Gasteiger partial charge in [-0.2, -0.15) is 0 Å². The van der Waals surface area contributed by atoms with Gasteiger partial charge in [-0.15, -0.1) is 0 Å². The van der Waals surface area contributed by atoms with Gasteiger partial charge in [0.1, 0.15) is 0 Å². The molecule has 1 unspecified atom stereocenters. The van der Waals surface area contributed by atoms with E-state index in [1.165, 1.54) is 0 Å². The third-order valence-corrected chi connectivity index (χ3v) is 3.00. The monoisotopic (exact) mass is 205 g/mol. The van der Waals surface area contributed by atoms with Crippen LogP contribution in [0.1, 0.15) is 46.5 Å². The SMILES string of the molecule is CC(C)(C)C(F)(F)C1CCCCCN1. The largest absolute Gasteiger partial charge is 0.309 e. The molecule has 1 N–H and O–H groups in total. The van der Waals surface area contributed by atoms with E-state index in [1.807, 2.05) is 0 Å². The zero-order valence-electron chi connectivity index (χ0n) is 9.37. The average molecular weight is 205 g/mol. The molecule has 1 fully saturated rings. The van der Waals surface area contributed by atoms with Crippen molar-refractivity contribution >= 4 is 0 Å². The standard InChI is InChI=1S/C11H21F2N/c1-10(2,3)11(12,13)9-7-5-4-6-8-14-9/h9,14H,4-8H2,1-3H3. The van der Waals surface area contributed by atoms with Crippen LogP contribution in [0.25, 0.3) is 0 Å². The normalized spacial score (nSPS) is 25.9. The molecule has 0 saturated carbocycles. The summed E-state index contributed by atoms with van der Waals surface area (Å²) in [5, 5.41) is 2.98. The molecule has 0 spiro atoms. The first-order valence-corrected chi connectivity index (χ1v) is 5.47. The van der Waals surface area contributed by atoms with Crippen molar-refractivity contribution in [2.75, 3.05) is 6.54 Å². The molecule has 84 valence electrons. The molecular weight excluding hydrogens is 184 g/mol. The van der Waals surface area contributed by atoms with Crippen LogP contribution in [0.2, 0.25) is 0 Å². The van der Waals surface area contributed by atoms with Crippen molar-refractivity contribution in [2.45, 2.75) is 58.4 Å². The second kappa shape index (κ2) is 4.13. The summed E-state index contributed by atoms with van der Waals surface area (Å²) in [7, 11) is 0. The summed E-state index contributed by atoms with van der Waals surface area (Å²) in [5.74, 6) is -2.61. The van der Waals surface area contributed by atoms with Gasteiger partial charge in [-0.3, -0.25) is 0 Å². The van der Waals surface area contributed by atoms with Crippen molar-refractivity contribution in [3.8, 4) is 0 Å². The van der Waals surface area contributed by atoms with Crippen LogP contribution in [-0.4, -0.2) is 18.5 Å². The smallest absolute Gasteiger partial charge is 0.267 e. The topological polar surface area (TPSA) is 12.0 Å². The first-order valence-electron chi connectivity index (χ1n) is 5.47. The summed E-state index contributed by atoms with van der Waals surface area (Å²) in [6, 6.07) is -0.634. The van der Waals surface area contributed by atoms with Crippen molar-refractivity contribution in [3.63, 3.8) is 0 Å². The summed E-state index contributed by atoms with van der Waals surface area (Å²) in [6.07, 6.45) is 3.62. The summed E-state index contributed by atoms with van der Waals surface area (Å²) in [5.41, 5.74) is -0.949. The lowest BCUT2D eigenvalue weighted by Gasteiger charge is -2.36. The van der Waals surface area contributed by atoms with Gasteiger partial charge in [0.2, 0.25) is 0 Å². The average Bonchev–Trinajstić information content (AvgIpc) is 2.29. The van der Waals surface area contributed by atoms with Crippen molar-refractivity contribution in [1.82, 2.24) is 5.32 Å². The fourth-order valence-corrected chi connectivity index (χ4v) is 1.86. The molecule has 1 atom stereocenters. The second-order valence-corrected chi connectivity index (χ2v) is 5.23. The third kappa shape index (κ3) is 2.44. The lowest BCUT2D eigenvalue weighted by molar-refractivity contribution is -0.125. The minimum atomic E-state index is -2.61. The van der Waals surface area contributed by atoms with E-state index in [2.05, 4.69) is 5.32 Å². The number of nitrogens with one attached hydrogen (secondary N) is 1.